The van der Waals surface area contributed by atoms with Crippen LogP contribution in [0.25, 0.3) is 10.9 Å². The van der Waals surface area contributed by atoms with Crippen LogP contribution in [0.3, 0.4) is 0 Å². The van der Waals surface area contributed by atoms with Gasteiger partial charge in [-0.3, -0.25) is 14.5 Å². The number of aromatic nitrogens is 2. The fourth-order valence-electron chi connectivity index (χ4n) is 3.99. The van der Waals surface area contributed by atoms with Gasteiger partial charge in [-0.05, 0) is 49.1 Å². The van der Waals surface area contributed by atoms with Gasteiger partial charge in [-0.25, -0.2) is 13.4 Å². The number of pyridine rings is 2. The summed E-state index contributed by atoms with van der Waals surface area (Å²) >= 11 is 0. The molecule has 5 rings (SSSR count). The smallest absolute Gasteiger partial charge is 0.264 e. The van der Waals surface area contributed by atoms with Crippen LogP contribution in [0.4, 0.5) is 5.69 Å². The third kappa shape index (κ3) is 4.42. The highest BCUT2D eigenvalue weighted by Gasteiger charge is 2.35. The fraction of sp³-hybridized carbons (Fsp3) is 0.160. The Balaban J connectivity index is 1.45. The highest BCUT2D eigenvalue weighted by molar-refractivity contribution is 7.93. The number of amides is 1. The van der Waals surface area contributed by atoms with Gasteiger partial charge >= 0.3 is 0 Å². The van der Waals surface area contributed by atoms with E-state index in [1.165, 1.54) is 6.07 Å². The molecule has 1 aliphatic rings. The first-order valence-electron chi connectivity index (χ1n) is 10.8. The Morgan fingerprint density at radius 3 is 2.61 bits per heavy atom. The first-order valence-corrected chi connectivity index (χ1v) is 12.2. The molecule has 1 amide bonds. The molecule has 0 aliphatic heterocycles. The van der Waals surface area contributed by atoms with Crippen LogP contribution >= 0.6 is 0 Å². The quantitative estimate of drug-likeness (QED) is 0.440. The SMILES string of the molecule is O=C(NC(c1ccc[nH+]c1)C1CC1)c1ccccc1NS(=O)(=O)c1cccc2cccnc12. The van der Waals surface area contributed by atoms with E-state index in [1.807, 2.05) is 36.7 Å². The number of nitrogens with zero attached hydrogens (tertiary/aromatic N) is 1. The minimum absolute atomic E-state index is 0.0616. The van der Waals surface area contributed by atoms with Crippen LogP contribution in [0, 0.1) is 5.92 Å². The van der Waals surface area contributed by atoms with Crippen molar-refractivity contribution in [3.05, 3.63) is 96.4 Å². The molecule has 2 aromatic carbocycles. The minimum Gasteiger partial charge on any atom is -0.345 e. The number of carbonyl (C=O) groups is 1. The van der Waals surface area contributed by atoms with Gasteiger partial charge in [-0.2, -0.15) is 0 Å². The summed E-state index contributed by atoms with van der Waals surface area (Å²) in [6.07, 6.45) is 7.35. The second kappa shape index (κ2) is 8.63. The van der Waals surface area contributed by atoms with Crippen LogP contribution in [-0.2, 0) is 10.0 Å². The monoisotopic (exact) mass is 459 g/mol. The molecule has 8 heteroatoms. The van der Waals surface area contributed by atoms with Crippen molar-refractivity contribution in [3.63, 3.8) is 0 Å². The van der Waals surface area contributed by atoms with E-state index in [-0.39, 0.29) is 28.1 Å². The maximum atomic E-state index is 13.3. The van der Waals surface area contributed by atoms with Crippen LogP contribution < -0.4 is 15.0 Å². The number of H-pyrrole nitrogens is 1. The van der Waals surface area contributed by atoms with E-state index in [2.05, 4.69) is 20.0 Å². The number of nitrogens with one attached hydrogen (secondary N) is 3. The van der Waals surface area contributed by atoms with Crippen molar-refractivity contribution < 1.29 is 18.2 Å². The van der Waals surface area contributed by atoms with Gasteiger partial charge in [0.15, 0.2) is 12.4 Å². The normalized spacial score (nSPS) is 14.5. The van der Waals surface area contributed by atoms with E-state index < -0.39 is 10.0 Å². The zero-order chi connectivity index (χ0) is 22.8. The van der Waals surface area contributed by atoms with Crippen molar-refractivity contribution in [3.8, 4) is 0 Å². The summed E-state index contributed by atoms with van der Waals surface area (Å²) in [6, 6.07) is 18.9. The number of hydrogen-bond donors (Lipinski definition) is 2. The maximum absolute atomic E-state index is 13.3. The lowest BCUT2D eigenvalue weighted by atomic mass is 10.0. The number of sulfonamides is 1. The Hall–Kier alpha value is -3.78. The van der Waals surface area contributed by atoms with Crippen molar-refractivity contribution >= 4 is 32.5 Å². The van der Waals surface area contributed by atoms with Gasteiger partial charge in [-0.1, -0.05) is 30.3 Å². The van der Waals surface area contributed by atoms with Gasteiger partial charge in [0.2, 0.25) is 0 Å². The summed E-state index contributed by atoms with van der Waals surface area (Å²) in [5.74, 6) is 0.0421. The number of fused-ring (bicyclic) bond motifs is 1. The van der Waals surface area contributed by atoms with Gasteiger partial charge in [0.1, 0.15) is 4.90 Å². The lowest BCUT2D eigenvalue weighted by Crippen LogP contribution is -2.31. The van der Waals surface area contributed by atoms with Crippen LogP contribution in [0.2, 0.25) is 0 Å². The number of carbonyl (C=O) groups excluding carboxylic acids is 1. The Morgan fingerprint density at radius 1 is 1.00 bits per heavy atom. The van der Waals surface area contributed by atoms with Crippen molar-refractivity contribution in [2.24, 2.45) is 5.92 Å². The second-order valence-corrected chi connectivity index (χ2v) is 9.76. The molecule has 3 N–H and O–H groups in total. The summed E-state index contributed by atoms with van der Waals surface area (Å²) in [7, 11) is -3.98. The highest BCUT2D eigenvalue weighted by atomic mass is 32.2. The van der Waals surface area contributed by atoms with E-state index in [0.717, 1.165) is 23.8 Å². The van der Waals surface area contributed by atoms with E-state index in [0.29, 0.717) is 11.4 Å². The first kappa shape index (κ1) is 21.1. The molecule has 4 aromatic rings. The highest BCUT2D eigenvalue weighted by Crippen LogP contribution is 2.41. The summed E-state index contributed by atoms with van der Waals surface area (Å²) in [6.45, 7) is 0. The fourth-order valence-corrected chi connectivity index (χ4v) is 5.25. The molecule has 1 saturated carbocycles. The lowest BCUT2D eigenvalue weighted by molar-refractivity contribution is -0.378. The van der Waals surface area contributed by atoms with Crippen LogP contribution in [0.1, 0.15) is 34.8 Å². The number of anilines is 1. The number of hydrogen-bond acceptors (Lipinski definition) is 4. The molecule has 1 unspecified atom stereocenters. The van der Waals surface area contributed by atoms with E-state index in [4.69, 9.17) is 0 Å². The van der Waals surface area contributed by atoms with Gasteiger partial charge in [0.05, 0.1) is 22.8 Å². The number of benzene rings is 2. The molecule has 1 aliphatic carbocycles. The van der Waals surface area contributed by atoms with Crippen molar-refractivity contribution in [2.45, 2.75) is 23.8 Å². The van der Waals surface area contributed by atoms with Crippen molar-refractivity contribution in [1.29, 1.82) is 0 Å². The largest absolute Gasteiger partial charge is 0.345 e. The Bertz CT molecular complexity index is 1410. The third-order valence-electron chi connectivity index (χ3n) is 5.77. The summed E-state index contributed by atoms with van der Waals surface area (Å²) < 4.78 is 29.1. The molecule has 2 aromatic heterocycles. The topological polar surface area (TPSA) is 102 Å². The zero-order valence-corrected chi connectivity index (χ0v) is 18.5. The molecule has 33 heavy (non-hydrogen) atoms. The van der Waals surface area contributed by atoms with Gasteiger partial charge in [0, 0.05) is 23.2 Å². The predicted octanol–water partition coefficient (Wildman–Crippen LogP) is 3.73. The van der Waals surface area contributed by atoms with Gasteiger partial charge < -0.3 is 5.32 Å². The third-order valence-corrected chi connectivity index (χ3v) is 7.17. The number of para-hydroxylation sites is 2. The molecular weight excluding hydrogens is 436 g/mol. The molecule has 0 saturated heterocycles. The molecule has 1 atom stereocenters. The molecule has 2 heterocycles. The molecular formula is C25H23N4O3S+. The van der Waals surface area contributed by atoms with Crippen LogP contribution in [0.15, 0.2) is 90.2 Å². The van der Waals surface area contributed by atoms with Crippen molar-refractivity contribution in [2.75, 3.05) is 4.72 Å². The van der Waals surface area contributed by atoms with Crippen molar-refractivity contribution in [1.82, 2.24) is 10.3 Å². The van der Waals surface area contributed by atoms with Gasteiger partial charge in [-0.15, -0.1) is 0 Å². The summed E-state index contributed by atoms with van der Waals surface area (Å²) in [5, 5.41) is 3.82. The Kier molecular flexibility index (Phi) is 5.51. The maximum Gasteiger partial charge on any atom is 0.264 e. The van der Waals surface area contributed by atoms with E-state index >= 15 is 0 Å². The Morgan fingerprint density at radius 2 is 1.82 bits per heavy atom. The van der Waals surface area contributed by atoms with Crippen LogP contribution in [-0.4, -0.2) is 19.3 Å². The molecule has 0 radical (unpaired) electrons. The standard InChI is InChI=1S/C25H22N4O3S/c30-25(28-23(18-12-13-18)19-8-4-14-26-16-19)20-9-1-2-10-21(20)29-33(31,32)22-11-3-6-17-7-5-15-27-24(17)22/h1-11,14-16,18,23,29H,12-13H2,(H,28,30)/p+1. The molecule has 7 nitrogen and oxygen atoms in total. The molecule has 0 bridgehead atoms. The average molecular weight is 460 g/mol. The lowest BCUT2D eigenvalue weighted by Gasteiger charge is -2.19. The molecule has 1 fully saturated rings. The first-order chi connectivity index (χ1) is 16.0. The predicted molar refractivity (Wildman–Crippen MR) is 125 cm³/mol. The number of rotatable bonds is 7. The second-order valence-electron chi connectivity index (χ2n) is 8.11. The summed E-state index contributed by atoms with van der Waals surface area (Å²) in [4.78, 5) is 20.6. The minimum atomic E-state index is -3.98. The average Bonchev–Trinajstić information content (AvgIpc) is 3.68. The van der Waals surface area contributed by atoms with E-state index in [9.17, 15) is 13.2 Å². The molecule has 166 valence electrons. The zero-order valence-electron chi connectivity index (χ0n) is 17.7. The number of aromatic amines is 1. The summed E-state index contributed by atoms with van der Waals surface area (Å²) in [5.41, 5.74) is 1.86. The molecule has 0 spiro atoms. The Labute approximate surface area is 192 Å². The van der Waals surface area contributed by atoms with Crippen LogP contribution in [0.5, 0.6) is 0 Å². The van der Waals surface area contributed by atoms with E-state index in [1.54, 1.807) is 42.6 Å². The van der Waals surface area contributed by atoms with Gasteiger partial charge in [0.25, 0.3) is 15.9 Å².